The van der Waals surface area contributed by atoms with Gasteiger partial charge in [-0.15, -0.1) is 0 Å². The number of esters is 3. The van der Waals surface area contributed by atoms with Gasteiger partial charge in [0.05, 0.1) is 11.7 Å². The molecule has 10 nitrogen and oxygen atoms in total. The molecule has 4 aliphatic rings. The normalized spacial score (nSPS) is 33.2. The second kappa shape index (κ2) is 12.0. The SMILES string of the molecule is CC(=O)Oc1cccc(Oc2ccc(C(=O)OC3(C(=O)OCC#N)CCC4C5CCC6=CC(=O)C=CC6(C)C5(F)C(O)CC43C)cc2)c1. The van der Waals surface area contributed by atoms with E-state index in [9.17, 15) is 29.5 Å². The van der Waals surface area contributed by atoms with Crippen LogP contribution in [0.2, 0.25) is 0 Å². The number of allylic oxidation sites excluding steroid dienone is 4. The van der Waals surface area contributed by atoms with Crippen LogP contribution in [0.25, 0.3) is 0 Å². The van der Waals surface area contributed by atoms with E-state index in [0.717, 1.165) is 0 Å². The first-order valence-electron chi connectivity index (χ1n) is 15.9. The Kier molecular flexibility index (Phi) is 8.28. The molecule has 2 aromatic rings. The van der Waals surface area contributed by atoms with Crippen molar-refractivity contribution in [3.8, 4) is 23.3 Å². The number of carbonyl (C=O) groups excluding carboxylic acids is 4. The first-order chi connectivity index (χ1) is 22.8. The number of rotatable bonds is 7. The van der Waals surface area contributed by atoms with Gasteiger partial charge >= 0.3 is 17.9 Å². The lowest BCUT2D eigenvalue weighted by Crippen LogP contribution is -2.69. The zero-order valence-electron chi connectivity index (χ0n) is 26.9. The number of aliphatic hydroxyl groups excluding tert-OH is 1. The van der Waals surface area contributed by atoms with Crippen LogP contribution in [0.3, 0.4) is 0 Å². The summed E-state index contributed by atoms with van der Waals surface area (Å²) in [5.74, 6) is -2.59. The lowest BCUT2D eigenvalue weighted by atomic mass is 9.45. The van der Waals surface area contributed by atoms with Gasteiger partial charge < -0.3 is 24.1 Å². The highest BCUT2D eigenvalue weighted by Crippen LogP contribution is 2.70. The summed E-state index contributed by atoms with van der Waals surface area (Å²) in [5, 5.41) is 20.9. The van der Waals surface area contributed by atoms with Gasteiger partial charge in [-0.1, -0.05) is 24.6 Å². The van der Waals surface area contributed by atoms with E-state index in [1.165, 1.54) is 49.4 Å². The molecule has 4 aliphatic carbocycles. The van der Waals surface area contributed by atoms with Crippen LogP contribution in [0.1, 0.15) is 63.2 Å². The topological polar surface area (TPSA) is 149 Å². The fourth-order valence-corrected chi connectivity index (χ4v) is 8.74. The smallest absolute Gasteiger partial charge is 0.352 e. The van der Waals surface area contributed by atoms with E-state index < -0.39 is 64.6 Å². The average molecular weight is 658 g/mol. The molecule has 0 saturated heterocycles. The van der Waals surface area contributed by atoms with E-state index in [1.807, 2.05) is 0 Å². The van der Waals surface area contributed by atoms with Crippen molar-refractivity contribution in [3.63, 3.8) is 0 Å². The Bertz CT molecular complexity index is 1780. The number of hydrogen-bond acceptors (Lipinski definition) is 10. The molecule has 6 rings (SSSR count). The summed E-state index contributed by atoms with van der Waals surface area (Å²) in [6, 6.07) is 14.2. The third-order valence-corrected chi connectivity index (χ3v) is 11.0. The Hall–Kier alpha value is -4.82. The summed E-state index contributed by atoms with van der Waals surface area (Å²) in [5.41, 5.74) is -5.78. The fourth-order valence-electron chi connectivity index (χ4n) is 8.74. The Morgan fingerprint density at radius 3 is 2.48 bits per heavy atom. The van der Waals surface area contributed by atoms with E-state index >= 15 is 4.39 Å². The van der Waals surface area contributed by atoms with E-state index in [-0.39, 0.29) is 24.2 Å². The van der Waals surface area contributed by atoms with Crippen molar-refractivity contribution in [2.24, 2.45) is 22.7 Å². The Morgan fingerprint density at radius 2 is 1.77 bits per heavy atom. The Labute approximate surface area is 277 Å². The van der Waals surface area contributed by atoms with Gasteiger partial charge in [0.25, 0.3) is 0 Å². The lowest BCUT2D eigenvalue weighted by molar-refractivity contribution is -0.224. The van der Waals surface area contributed by atoms with Gasteiger partial charge in [-0.05, 0) is 93.5 Å². The molecular formula is C37H36FNO9. The third-order valence-electron chi connectivity index (χ3n) is 11.0. The largest absolute Gasteiger partial charge is 0.457 e. The standard InChI is InChI=1S/C37H36FNO9/c1-22(40)46-27-5-4-6-28(20-27)47-26-10-7-23(8-11-26)32(43)48-36(33(44)45-18-17-39)16-14-29-30-12-9-24-19-25(41)13-15-34(24,2)37(30,38)31(42)21-35(29,36)3/h4-8,10-11,13,15,19-20,29-31,42H,9,12,14,16,18,21H2,1-3H3. The number of alkyl halides is 1. The summed E-state index contributed by atoms with van der Waals surface area (Å²) in [6.07, 6.45) is 3.65. The van der Waals surface area contributed by atoms with Crippen LogP contribution in [0, 0.1) is 34.0 Å². The second-order valence-corrected chi connectivity index (χ2v) is 13.4. The molecule has 0 radical (unpaired) electrons. The number of nitrogens with zero attached hydrogens (tertiary/aromatic N) is 1. The molecule has 48 heavy (non-hydrogen) atoms. The van der Waals surface area contributed by atoms with Gasteiger partial charge in [0.1, 0.15) is 23.3 Å². The molecule has 0 aromatic heterocycles. The highest BCUT2D eigenvalue weighted by molar-refractivity contribution is 6.01. The Balaban J connectivity index is 1.28. The molecule has 1 N–H and O–H groups in total. The molecular weight excluding hydrogens is 621 g/mol. The van der Waals surface area contributed by atoms with Crippen LogP contribution < -0.4 is 9.47 Å². The van der Waals surface area contributed by atoms with E-state index in [2.05, 4.69) is 0 Å². The van der Waals surface area contributed by atoms with Gasteiger partial charge in [0.15, 0.2) is 18.1 Å². The van der Waals surface area contributed by atoms with Crippen molar-refractivity contribution < 1.29 is 47.6 Å². The molecule has 3 fully saturated rings. The predicted molar refractivity (Wildman–Crippen MR) is 167 cm³/mol. The van der Waals surface area contributed by atoms with Crippen LogP contribution in [0.15, 0.2) is 72.3 Å². The molecule has 11 heteroatoms. The molecule has 250 valence electrons. The highest BCUT2D eigenvalue weighted by atomic mass is 19.1. The summed E-state index contributed by atoms with van der Waals surface area (Å²) in [7, 11) is 0. The van der Waals surface area contributed by atoms with Crippen molar-refractivity contribution in [2.75, 3.05) is 6.61 Å². The van der Waals surface area contributed by atoms with Crippen LogP contribution in [-0.4, -0.2) is 52.8 Å². The van der Waals surface area contributed by atoms with Crippen LogP contribution >= 0.6 is 0 Å². The molecule has 7 atom stereocenters. The van der Waals surface area contributed by atoms with Gasteiger partial charge in [-0.2, -0.15) is 5.26 Å². The molecule has 3 saturated carbocycles. The molecule has 0 heterocycles. The summed E-state index contributed by atoms with van der Waals surface area (Å²) in [4.78, 5) is 51.0. The molecule has 0 spiro atoms. The lowest BCUT2D eigenvalue weighted by Gasteiger charge is -2.62. The summed E-state index contributed by atoms with van der Waals surface area (Å²) < 4.78 is 39.9. The van der Waals surface area contributed by atoms with Gasteiger partial charge in [-0.25, -0.2) is 14.0 Å². The number of ketones is 1. The number of nitriles is 1. The zero-order valence-corrected chi connectivity index (χ0v) is 26.9. The summed E-state index contributed by atoms with van der Waals surface area (Å²) >= 11 is 0. The number of benzene rings is 2. The van der Waals surface area contributed by atoms with E-state index in [0.29, 0.717) is 42.1 Å². The second-order valence-electron chi connectivity index (χ2n) is 13.4. The minimum Gasteiger partial charge on any atom is -0.457 e. The van der Waals surface area contributed by atoms with E-state index in [1.54, 1.807) is 44.2 Å². The molecule has 7 unspecified atom stereocenters. The molecule has 0 bridgehead atoms. The highest BCUT2D eigenvalue weighted by Gasteiger charge is 2.76. The number of hydrogen-bond donors (Lipinski definition) is 1. The zero-order chi connectivity index (χ0) is 34.5. The van der Waals surface area contributed by atoms with Crippen molar-refractivity contribution in [1.82, 2.24) is 0 Å². The number of halogens is 1. The Morgan fingerprint density at radius 1 is 1.04 bits per heavy atom. The van der Waals surface area contributed by atoms with Crippen molar-refractivity contribution in [3.05, 3.63) is 77.9 Å². The van der Waals surface area contributed by atoms with Gasteiger partial charge in [0, 0.05) is 29.7 Å². The van der Waals surface area contributed by atoms with Gasteiger partial charge in [-0.3, -0.25) is 9.59 Å². The maximum absolute atomic E-state index is 17.6. The molecule has 2 aromatic carbocycles. The van der Waals surface area contributed by atoms with Crippen LogP contribution in [0.4, 0.5) is 4.39 Å². The maximum Gasteiger partial charge on any atom is 0.352 e. The van der Waals surface area contributed by atoms with Gasteiger partial charge in [0.2, 0.25) is 5.60 Å². The summed E-state index contributed by atoms with van der Waals surface area (Å²) in [6.45, 7) is 4.14. The van der Waals surface area contributed by atoms with Crippen molar-refractivity contribution in [1.29, 1.82) is 5.26 Å². The molecule has 0 amide bonds. The third kappa shape index (κ3) is 5.10. The first-order valence-corrected chi connectivity index (χ1v) is 15.9. The minimum atomic E-state index is -2.14. The fraction of sp³-hybridized carbons (Fsp3) is 0.432. The van der Waals surface area contributed by atoms with Crippen molar-refractivity contribution >= 4 is 23.7 Å². The average Bonchev–Trinajstić information content (AvgIpc) is 3.33. The first kappa shape index (κ1) is 33.1. The van der Waals surface area contributed by atoms with E-state index in [4.69, 9.17) is 18.9 Å². The number of carbonyl (C=O) groups is 4. The van der Waals surface area contributed by atoms with Crippen LogP contribution in [-0.2, 0) is 23.9 Å². The molecule has 0 aliphatic heterocycles. The number of aliphatic hydroxyl groups is 1. The maximum atomic E-state index is 17.6. The number of ether oxygens (including phenoxy) is 4. The minimum absolute atomic E-state index is 0.0110. The monoisotopic (exact) mass is 657 g/mol. The quantitative estimate of drug-likeness (QED) is 0.289. The predicted octanol–water partition coefficient (Wildman–Crippen LogP) is 5.74. The van der Waals surface area contributed by atoms with Crippen LogP contribution in [0.5, 0.6) is 17.2 Å². The van der Waals surface area contributed by atoms with Crippen molar-refractivity contribution in [2.45, 2.75) is 70.2 Å². The number of fused-ring (bicyclic) bond motifs is 5.